The normalized spacial score (nSPS) is 23.6. The molecule has 0 saturated carbocycles. The lowest BCUT2D eigenvalue weighted by molar-refractivity contribution is -0.148. The van der Waals surface area contributed by atoms with Crippen LogP contribution in [0.4, 0.5) is 0 Å². The van der Waals surface area contributed by atoms with Crippen LogP contribution < -0.4 is 16.3 Å². The highest BCUT2D eigenvalue weighted by Gasteiger charge is 2.37. The first-order chi connectivity index (χ1) is 13.5. The Morgan fingerprint density at radius 2 is 2.14 bits per heavy atom. The first-order valence-electron chi connectivity index (χ1n) is 9.46. The van der Waals surface area contributed by atoms with E-state index in [9.17, 15) is 18.9 Å². The van der Waals surface area contributed by atoms with Crippen molar-refractivity contribution in [3.05, 3.63) is 33.1 Å². The molecule has 2 N–H and O–H groups in total. The Kier molecular flexibility index (Phi) is 7.87. The lowest BCUT2D eigenvalue weighted by Gasteiger charge is -2.18. The van der Waals surface area contributed by atoms with Gasteiger partial charge in [-0.25, -0.2) is 4.79 Å². The predicted molar refractivity (Wildman–Crippen MR) is 106 cm³/mol. The first kappa shape index (κ1) is 23.4. The Morgan fingerprint density at radius 1 is 1.45 bits per heavy atom. The topological polar surface area (TPSA) is 129 Å². The zero-order valence-corrected chi connectivity index (χ0v) is 18.2. The Labute approximate surface area is 169 Å². The maximum Gasteiger partial charge on any atom is 0.613 e. The molecule has 1 aromatic rings. The number of aromatic amines is 1. The van der Waals surface area contributed by atoms with Crippen molar-refractivity contribution in [2.75, 3.05) is 13.2 Å². The van der Waals surface area contributed by atoms with Gasteiger partial charge in [0.15, 0.2) is 0 Å². The molecule has 0 amide bonds. The van der Waals surface area contributed by atoms with E-state index >= 15 is 0 Å². The molecule has 0 aromatic carbocycles. The van der Waals surface area contributed by atoms with E-state index < -0.39 is 37.7 Å². The molecule has 1 aliphatic heterocycles. The molecule has 10 nitrogen and oxygen atoms in total. The highest BCUT2D eigenvalue weighted by Crippen LogP contribution is 2.34. The summed E-state index contributed by atoms with van der Waals surface area (Å²) in [5, 5.41) is 2.57. The molecule has 2 rings (SSSR count). The molecule has 0 spiro atoms. The van der Waals surface area contributed by atoms with Gasteiger partial charge < -0.3 is 9.47 Å². The van der Waals surface area contributed by atoms with Gasteiger partial charge in [-0.05, 0) is 23.3 Å². The zero-order valence-electron chi connectivity index (χ0n) is 17.3. The number of nitrogens with one attached hydrogen (secondary N) is 2. The van der Waals surface area contributed by atoms with Gasteiger partial charge >= 0.3 is 19.8 Å². The van der Waals surface area contributed by atoms with Crippen molar-refractivity contribution >= 4 is 14.1 Å². The summed E-state index contributed by atoms with van der Waals surface area (Å²) in [5.74, 6) is -0.514. The fourth-order valence-electron chi connectivity index (χ4n) is 2.80. The molecule has 1 aromatic heterocycles. The van der Waals surface area contributed by atoms with Crippen LogP contribution in [-0.2, 0) is 23.4 Å². The van der Waals surface area contributed by atoms with Crippen LogP contribution in [0.1, 0.15) is 47.3 Å². The quantitative estimate of drug-likeness (QED) is 0.471. The van der Waals surface area contributed by atoms with E-state index in [0.29, 0.717) is 6.42 Å². The van der Waals surface area contributed by atoms with Crippen molar-refractivity contribution in [1.82, 2.24) is 14.6 Å². The summed E-state index contributed by atoms with van der Waals surface area (Å²) in [6.45, 7) is 9.58. The van der Waals surface area contributed by atoms with Crippen molar-refractivity contribution in [3.63, 3.8) is 0 Å². The van der Waals surface area contributed by atoms with Crippen LogP contribution in [-0.4, -0.2) is 40.9 Å². The highest BCUT2D eigenvalue weighted by atomic mass is 31.1. The summed E-state index contributed by atoms with van der Waals surface area (Å²) in [6, 6.07) is 0.472. The van der Waals surface area contributed by atoms with E-state index in [-0.39, 0.29) is 30.7 Å². The average Bonchev–Trinajstić information content (AvgIpc) is 2.97. The minimum atomic E-state index is -2.30. The molecule has 1 aliphatic rings. The van der Waals surface area contributed by atoms with Crippen molar-refractivity contribution in [2.24, 2.45) is 11.3 Å². The summed E-state index contributed by atoms with van der Waals surface area (Å²) in [7, 11) is -2.30. The van der Waals surface area contributed by atoms with Crippen molar-refractivity contribution in [3.8, 4) is 0 Å². The van der Waals surface area contributed by atoms with Gasteiger partial charge in [-0.3, -0.25) is 19.1 Å². The predicted octanol–water partition coefficient (Wildman–Crippen LogP) is 1.70. The molecule has 0 radical (unpaired) electrons. The van der Waals surface area contributed by atoms with Crippen molar-refractivity contribution < 1.29 is 23.4 Å². The summed E-state index contributed by atoms with van der Waals surface area (Å²) in [4.78, 5) is 37.3. The third-order valence-corrected chi connectivity index (χ3v) is 5.24. The van der Waals surface area contributed by atoms with Crippen LogP contribution in [0.3, 0.4) is 0 Å². The summed E-state index contributed by atoms with van der Waals surface area (Å²) < 4.78 is 29.7. The molecule has 5 atom stereocenters. The largest absolute Gasteiger partial charge is 0.613 e. The number of hydrogen-bond acceptors (Lipinski definition) is 7. The van der Waals surface area contributed by atoms with Gasteiger partial charge in [-0.2, -0.15) is 0 Å². The van der Waals surface area contributed by atoms with E-state index in [2.05, 4.69) is 10.1 Å². The van der Waals surface area contributed by atoms with E-state index in [1.54, 1.807) is 6.92 Å². The highest BCUT2D eigenvalue weighted by molar-refractivity contribution is 7.36. The minimum absolute atomic E-state index is 0.00987. The summed E-state index contributed by atoms with van der Waals surface area (Å²) >= 11 is 0. The third kappa shape index (κ3) is 7.15. The maximum absolute atomic E-state index is 12.1. The second-order valence-electron chi connectivity index (χ2n) is 8.45. The van der Waals surface area contributed by atoms with Gasteiger partial charge in [0.1, 0.15) is 18.9 Å². The van der Waals surface area contributed by atoms with Gasteiger partial charge in [-0.1, -0.05) is 32.8 Å². The fraction of sp³-hybridized carbons (Fsp3) is 0.722. The van der Waals surface area contributed by atoms with Gasteiger partial charge in [0.25, 0.3) is 5.56 Å². The van der Waals surface area contributed by atoms with Crippen LogP contribution in [0.25, 0.3) is 0 Å². The number of ether oxygens (including phenoxy) is 2. The fourth-order valence-corrected chi connectivity index (χ4v) is 3.60. The molecule has 162 valence electrons. The molecule has 0 bridgehead atoms. The van der Waals surface area contributed by atoms with E-state index in [1.165, 1.54) is 16.8 Å². The van der Waals surface area contributed by atoms with E-state index in [4.69, 9.17) is 14.0 Å². The minimum Gasteiger partial charge on any atom is -0.464 e. The van der Waals surface area contributed by atoms with Crippen LogP contribution >= 0.6 is 8.18 Å². The van der Waals surface area contributed by atoms with Gasteiger partial charge in [0.2, 0.25) is 0 Å². The number of nitrogens with zero attached hydrogens (tertiary/aromatic N) is 1. The number of carbonyl (C=O) groups is 1. The molecule has 11 heteroatoms. The van der Waals surface area contributed by atoms with Gasteiger partial charge in [-0.15, -0.1) is 4.52 Å². The molecular formula is C18H29N3O7P+. The zero-order chi connectivity index (χ0) is 21.8. The van der Waals surface area contributed by atoms with Gasteiger partial charge in [0.05, 0.1) is 12.7 Å². The molecular weight excluding hydrogens is 401 g/mol. The second kappa shape index (κ2) is 9.75. The number of carbonyl (C=O) groups excluding carboxylic acids is 1. The number of esters is 1. The Hall–Kier alpha value is -1.87. The molecule has 0 aliphatic carbocycles. The van der Waals surface area contributed by atoms with Crippen molar-refractivity contribution in [1.29, 1.82) is 0 Å². The number of rotatable bonds is 8. The molecule has 1 fully saturated rings. The summed E-state index contributed by atoms with van der Waals surface area (Å²) in [5.41, 5.74) is -1.18. The van der Waals surface area contributed by atoms with Crippen LogP contribution in [0, 0.1) is 11.3 Å². The lowest BCUT2D eigenvalue weighted by Crippen LogP contribution is -2.33. The van der Waals surface area contributed by atoms with Crippen molar-refractivity contribution in [2.45, 2.75) is 59.4 Å². The molecule has 2 heterocycles. The first-order valence-corrected chi connectivity index (χ1v) is 10.6. The lowest BCUT2D eigenvalue weighted by atomic mass is 9.99. The van der Waals surface area contributed by atoms with Crippen LogP contribution in [0.5, 0.6) is 0 Å². The monoisotopic (exact) mass is 430 g/mol. The smallest absolute Gasteiger partial charge is 0.464 e. The standard InChI is InChI=1S/C18H28N3O7P/c1-11-8-13(28-15(11)21-7-6-14(22)19-17(21)24)9-27-29(25)20-12(2)16(23)26-10-18(3,4)5/h6-7,11-13,15H,8-10H2,1-5H3,(H-,19,20,22,24,25)/p+1/t11-,12+,13-,15+/m0/s1. The third-order valence-electron chi connectivity index (χ3n) is 4.26. The number of hydrogen-bond donors (Lipinski definition) is 2. The molecule has 1 unspecified atom stereocenters. The molecule has 1 saturated heterocycles. The number of aromatic nitrogens is 2. The second-order valence-corrected chi connectivity index (χ2v) is 9.48. The van der Waals surface area contributed by atoms with Crippen LogP contribution in [0.15, 0.2) is 21.9 Å². The maximum atomic E-state index is 12.1. The van der Waals surface area contributed by atoms with Crippen LogP contribution in [0.2, 0.25) is 0 Å². The van der Waals surface area contributed by atoms with E-state index in [1.807, 2.05) is 27.7 Å². The SMILES string of the molecule is C[C@@H](N[P+](=O)OC[C@@H]1C[C@H](C)[C@H](n2ccc(=O)[nH]c2=O)O1)C(=O)OCC(C)(C)C. The summed E-state index contributed by atoms with van der Waals surface area (Å²) in [6.07, 6.45) is 1.05. The average molecular weight is 430 g/mol. The number of H-pyrrole nitrogens is 1. The van der Waals surface area contributed by atoms with Gasteiger partial charge in [0, 0.05) is 18.2 Å². The Balaban J connectivity index is 1.81. The Bertz CT molecular complexity index is 845. The Morgan fingerprint density at radius 3 is 2.76 bits per heavy atom. The van der Waals surface area contributed by atoms with E-state index in [0.717, 1.165) is 0 Å². The molecule has 29 heavy (non-hydrogen) atoms.